The number of thioether (sulfide) groups is 1. The van der Waals surface area contributed by atoms with Gasteiger partial charge in [-0.15, -0.1) is 11.8 Å². The van der Waals surface area contributed by atoms with Gasteiger partial charge in [0.25, 0.3) is 0 Å². The van der Waals surface area contributed by atoms with E-state index in [2.05, 4.69) is 87.2 Å². The molecule has 3 heterocycles. The molecule has 1 aromatic heterocycles. The molecule has 2 saturated heterocycles. The van der Waals surface area contributed by atoms with E-state index in [-0.39, 0.29) is 17.3 Å². The average molecular weight is 485 g/mol. The smallest absolute Gasteiger partial charge is 0.238 e. The van der Waals surface area contributed by atoms with Crippen molar-refractivity contribution in [1.82, 2.24) is 20.5 Å². The Morgan fingerprint density at radius 3 is 2.29 bits per heavy atom. The maximum atomic E-state index is 12.7. The fraction of sp³-hybridized carbons (Fsp3) is 0.310. The summed E-state index contributed by atoms with van der Waals surface area (Å²) in [4.78, 5) is 19.3. The maximum absolute atomic E-state index is 12.7. The van der Waals surface area contributed by atoms with Crippen molar-refractivity contribution in [1.29, 1.82) is 0 Å². The second-order valence-corrected chi connectivity index (χ2v) is 10.2. The zero-order valence-electron chi connectivity index (χ0n) is 19.9. The van der Waals surface area contributed by atoms with Gasteiger partial charge in [0.15, 0.2) is 0 Å². The predicted octanol–water partition coefficient (Wildman–Crippen LogP) is 4.50. The summed E-state index contributed by atoms with van der Waals surface area (Å²) < 4.78 is 0. The molecule has 0 bridgehead atoms. The highest BCUT2D eigenvalue weighted by atomic mass is 32.2. The molecule has 5 rings (SSSR count). The molecule has 2 aromatic carbocycles. The highest BCUT2D eigenvalue weighted by Gasteiger charge is 2.30. The molecule has 0 radical (unpaired) electrons. The predicted molar refractivity (Wildman–Crippen MR) is 144 cm³/mol. The Morgan fingerprint density at radius 2 is 1.66 bits per heavy atom. The summed E-state index contributed by atoms with van der Waals surface area (Å²) in [6.45, 7) is 3.61. The van der Waals surface area contributed by atoms with Crippen LogP contribution in [0, 0.1) is 0 Å². The quantitative estimate of drug-likeness (QED) is 0.517. The Bertz CT molecular complexity index is 1090. The van der Waals surface area contributed by atoms with Crippen molar-refractivity contribution in [2.45, 2.75) is 24.3 Å². The molecule has 0 spiro atoms. The molecule has 0 aliphatic carbocycles. The summed E-state index contributed by atoms with van der Waals surface area (Å²) in [5.74, 6) is 0.877. The van der Waals surface area contributed by atoms with Crippen LogP contribution < -0.4 is 10.6 Å². The van der Waals surface area contributed by atoms with E-state index in [1.807, 2.05) is 12.3 Å². The summed E-state index contributed by atoms with van der Waals surface area (Å²) in [7, 11) is 0. The summed E-state index contributed by atoms with van der Waals surface area (Å²) in [6.07, 6.45) is 5.75. The third kappa shape index (κ3) is 6.01. The maximum Gasteiger partial charge on any atom is 0.238 e. The Morgan fingerprint density at radius 1 is 0.971 bits per heavy atom. The van der Waals surface area contributed by atoms with E-state index in [1.165, 1.54) is 22.3 Å². The van der Waals surface area contributed by atoms with E-state index in [0.29, 0.717) is 6.54 Å². The minimum atomic E-state index is -0.152. The van der Waals surface area contributed by atoms with Crippen LogP contribution in [0.2, 0.25) is 0 Å². The summed E-state index contributed by atoms with van der Waals surface area (Å²) in [5.41, 5.74) is 6.61. The van der Waals surface area contributed by atoms with Gasteiger partial charge in [0, 0.05) is 44.3 Å². The van der Waals surface area contributed by atoms with E-state index in [4.69, 9.17) is 0 Å². The van der Waals surface area contributed by atoms with Crippen molar-refractivity contribution in [3.63, 3.8) is 0 Å². The largest absolute Gasteiger partial charge is 0.353 e. The first-order valence-electron chi connectivity index (χ1n) is 12.4. The Hall–Kier alpha value is -2.93. The van der Waals surface area contributed by atoms with Crippen LogP contribution >= 0.6 is 11.8 Å². The van der Waals surface area contributed by atoms with E-state index in [1.54, 1.807) is 18.0 Å². The zero-order chi connectivity index (χ0) is 23.9. The van der Waals surface area contributed by atoms with Gasteiger partial charge in [-0.05, 0) is 41.2 Å². The second-order valence-electron chi connectivity index (χ2n) is 9.06. The van der Waals surface area contributed by atoms with Gasteiger partial charge < -0.3 is 10.2 Å². The molecule has 5 nitrogen and oxygen atoms in total. The number of carbonyl (C=O) groups is 1. The molecule has 3 aromatic rings. The molecule has 2 N–H and O–H groups in total. The number of pyridine rings is 1. The molecule has 2 atom stereocenters. The fourth-order valence-electron chi connectivity index (χ4n) is 4.89. The number of nitrogens with one attached hydrogen (secondary N) is 2. The first-order chi connectivity index (χ1) is 17.3. The molecular weight excluding hydrogens is 452 g/mol. The van der Waals surface area contributed by atoms with Crippen molar-refractivity contribution >= 4 is 23.2 Å². The minimum Gasteiger partial charge on any atom is -0.353 e. The van der Waals surface area contributed by atoms with Gasteiger partial charge in [-0.25, -0.2) is 0 Å². The van der Waals surface area contributed by atoms with Gasteiger partial charge in [0.05, 0.1) is 11.4 Å². The molecule has 35 heavy (non-hydrogen) atoms. The summed E-state index contributed by atoms with van der Waals surface area (Å²) in [6, 6.07) is 25.3. The van der Waals surface area contributed by atoms with Crippen molar-refractivity contribution in [3.05, 3.63) is 107 Å². The molecule has 0 saturated carbocycles. The van der Waals surface area contributed by atoms with E-state index < -0.39 is 0 Å². The lowest BCUT2D eigenvalue weighted by Gasteiger charge is -2.30. The highest BCUT2D eigenvalue weighted by molar-refractivity contribution is 7.99. The minimum absolute atomic E-state index is 0.0944. The molecule has 1 amide bonds. The lowest BCUT2D eigenvalue weighted by atomic mass is 9.88. The van der Waals surface area contributed by atoms with E-state index >= 15 is 0 Å². The van der Waals surface area contributed by atoms with Crippen LogP contribution in [0.4, 0.5) is 0 Å². The van der Waals surface area contributed by atoms with Gasteiger partial charge in [0.1, 0.15) is 0 Å². The van der Waals surface area contributed by atoms with Crippen molar-refractivity contribution in [3.8, 4) is 0 Å². The molecule has 2 aliphatic heterocycles. The number of aromatic nitrogens is 1. The van der Waals surface area contributed by atoms with Gasteiger partial charge in [-0.2, -0.15) is 0 Å². The molecule has 2 aliphatic rings. The number of hydrogen-bond acceptors (Lipinski definition) is 5. The number of nitrogens with zero attached hydrogens (tertiary/aromatic N) is 2. The average Bonchev–Trinajstić information content (AvgIpc) is 3.42. The molecule has 2 fully saturated rings. The second kappa shape index (κ2) is 11.7. The monoisotopic (exact) mass is 484 g/mol. The van der Waals surface area contributed by atoms with Gasteiger partial charge in [0.2, 0.25) is 5.91 Å². The van der Waals surface area contributed by atoms with Crippen molar-refractivity contribution in [2.24, 2.45) is 0 Å². The van der Waals surface area contributed by atoms with Crippen LogP contribution in [0.1, 0.15) is 34.9 Å². The fourth-order valence-corrected chi connectivity index (χ4v) is 6.11. The highest BCUT2D eigenvalue weighted by Crippen LogP contribution is 2.33. The number of likely N-dealkylation sites (tertiary alicyclic amines) is 1. The third-order valence-corrected chi connectivity index (χ3v) is 8.02. The zero-order valence-corrected chi connectivity index (χ0v) is 20.7. The van der Waals surface area contributed by atoms with Crippen LogP contribution in [-0.2, 0) is 4.79 Å². The first-order valence-corrected chi connectivity index (χ1v) is 13.4. The number of hydrogen-bond donors (Lipinski definition) is 2. The molecule has 180 valence electrons. The van der Waals surface area contributed by atoms with Crippen molar-refractivity contribution in [2.75, 3.05) is 31.9 Å². The van der Waals surface area contributed by atoms with Gasteiger partial charge in [-0.3, -0.25) is 15.1 Å². The molecular formula is C29H32N4OS. The number of benzene rings is 2. The lowest BCUT2D eigenvalue weighted by molar-refractivity contribution is -0.122. The molecule has 6 heteroatoms. The lowest BCUT2D eigenvalue weighted by Crippen LogP contribution is -2.45. The van der Waals surface area contributed by atoms with Gasteiger partial charge >= 0.3 is 0 Å². The number of rotatable bonds is 7. The molecule has 1 unspecified atom stereocenters. The van der Waals surface area contributed by atoms with Crippen LogP contribution in [0.3, 0.4) is 0 Å². The first kappa shape index (κ1) is 23.8. The summed E-state index contributed by atoms with van der Waals surface area (Å²) >= 11 is 1.77. The van der Waals surface area contributed by atoms with Crippen LogP contribution in [0.25, 0.3) is 5.57 Å². The normalized spacial score (nSPS) is 20.5. The number of amides is 1. The van der Waals surface area contributed by atoms with E-state index in [0.717, 1.165) is 43.8 Å². The van der Waals surface area contributed by atoms with Crippen LogP contribution in [0.5, 0.6) is 0 Å². The van der Waals surface area contributed by atoms with Crippen molar-refractivity contribution < 1.29 is 4.79 Å². The van der Waals surface area contributed by atoms with E-state index in [9.17, 15) is 4.79 Å². The third-order valence-electron chi connectivity index (χ3n) is 6.75. The van der Waals surface area contributed by atoms with Gasteiger partial charge in [-0.1, -0.05) is 72.3 Å². The Balaban J connectivity index is 1.13. The van der Waals surface area contributed by atoms with Crippen LogP contribution in [0.15, 0.2) is 90.8 Å². The number of carbonyl (C=O) groups excluding carboxylic acids is 1. The SMILES string of the molecule is O=C(NCCN1CCC(=C(c2ccccc2)c2ccccc2)CC1)[C@@H]1CSC(c2cccnc2)N1. The Kier molecular flexibility index (Phi) is 7.93. The number of piperidine rings is 1. The van der Waals surface area contributed by atoms with Crippen LogP contribution in [-0.4, -0.2) is 53.8 Å². The summed E-state index contributed by atoms with van der Waals surface area (Å²) in [5, 5.41) is 6.72. The standard InChI is InChI=1S/C29H32N4OS/c34-28(26-21-35-29(32-26)25-12-7-15-30-20-25)31-16-19-33-17-13-24(14-18-33)27(22-8-3-1-4-9-22)23-10-5-2-6-11-23/h1-12,15,20,26,29,32H,13-14,16-19,21H2,(H,31,34)/t26-,29?/m0/s1. The Labute approximate surface area is 212 Å². The topological polar surface area (TPSA) is 57.3 Å².